The number of carboxylic acids is 4. The first-order chi connectivity index (χ1) is 59.2. The number of ether oxygens (including phenoxy) is 12. The molecule has 4 aliphatic heterocycles. The minimum Gasteiger partial charge on any atom is -0.479 e. The van der Waals surface area contributed by atoms with Gasteiger partial charge in [0, 0.05) is 16.8 Å². The molecule has 4 fully saturated rings. The number of nitrogens with one attached hydrogen (secondary N) is 1. The summed E-state index contributed by atoms with van der Waals surface area (Å²) in [6.45, 7) is 29.2. The van der Waals surface area contributed by atoms with E-state index in [4.69, 9.17) is 67.1 Å². The van der Waals surface area contributed by atoms with Crippen LogP contribution in [0.15, 0.2) is 97.1 Å². The van der Waals surface area contributed by atoms with Crippen LogP contribution in [-0.4, -0.2) is 285 Å². The summed E-state index contributed by atoms with van der Waals surface area (Å²) in [5.74, 6) is -6.52. The van der Waals surface area contributed by atoms with Crippen LogP contribution < -0.4 is 19.5 Å². The van der Waals surface area contributed by atoms with Gasteiger partial charge < -0.3 is 139 Å². The average molecular weight is 1800 g/mol. The monoisotopic (exact) mass is 1800 g/mol. The summed E-state index contributed by atoms with van der Waals surface area (Å²) < 4.78 is 63.1. The fourth-order valence-corrected chi connectivity index (χ4v) is 11.6. The highest BCUT2D eigenvalue weighted by Crippen LogP contribution is 2.34. The Morgan fingerprint density at radius 2 is 0.677 bits per heavy atom. The maximum Gasteiger partial charge on any atom is 0.414 e. The van der Waals surface area contributed by atoms with Crippen LogP contribution >= 0.6 is 0 Å². The van der Waals surface area contributed by atoms with Crippen LogP contribution in [0.1, 0.15) is 155 Å². The number of rotatable bonds is 28. The Morgan fingerprint density at radius 3 is 1.06 bits per heavy atom. The lowest BCUT2D eigenvalue weighted by atomic mass is 9.97. The SMILES string of the molecule is CCc1cc(/C=C/COC(=O)C(C)(C)C)ccc1NC(=O)O[C@@H]1O[C@H](C(=O)O)[C@@H](O)[C@H](O)[C@H]1O.CCc1cc(O[C@@H]2O[C@H](C(=O)O)[C@@H](O)[C@H](O)[C@H]2O)ccc1/C=C/COC(=O)C(C)(C)C.CCc1ccc(/C=C/COC(=O)C(C)(C)C)c(OC2O[C@H](C(=O)O)[C@@H](O)[C@H](O)[C@H]2O)c1.CCc1ccc(OC2O[C@H](C(=O)O)[C@@H](O)[C@H](O)[C@H]2O)c(/C=C/COC(=O)C(C)(C)C)c1. The molecule has 0 saturated carbocycles. The van der Waals surface area contributed by atoms with E-state index in [2.05, 4.69) is 5.32 Å². The number of carbonyl (C=O) groups excluding carboxylic acids is 5. The molecule has 20 atom stereocenters. The molecule has 38 nitrogen and oxygen atoms in total. The van der Waals surface area contributed by atoms with E-state index in [0.717, 1.165) is 39.8 Å². The Hall–Kier alpha value is -10.4. The third kappa shape index (κ3) is 31.5. The molecule has 38 heteroatoms. The summed E-state index contributed by atoms with van der Waals surface area (Å²) in [5.41, 5.74) is 4.34. The molecule has 4 saturated heterocycles. The summed E-state index contributed by atoms with van der Waals surface area (Å²) >= 11 is 0. The predicted molar refractivity (Wildman–Crippen MR) is 450 cm³/mol. The second-order valence-electron chi connectivity index (χ2n) is 33.8. The molecule has 0 radical (unpaired) electrons. The third-order valence-electron chi connectivity index (χ3n) is 19.3. The lowest BCUT2D eigenvalue weighted by Gasteiger charge is -2.38. The maximum absolute atomic E-state index is 12.3. The van der Waals surface area contributed by atoms with Crippen LogP contribution in [0.2, 0.25) is 0 Å². The van der Waals surface area contributed by atoms with E-state index in [1.807, 2.05) is 52.0 Å². The van der Waals surface area contributed by atoms with E-state index in [1.54, 1.807) is 180 Å². The molecule has 4 aliphatic rings. The van der Waals surface area contributed by atoms with Gasteiger partial charge in [-0.25, -0.2) is 24.0 Å². The van der Waals surface area contributed by atoms with Gasteiger partial charge in [-0.2, -0.15) is 0 Å². The first kappa shape index (κ1) is 107. The normalized spacial score (nSPS) is 26.2. The van der Waals surface area contributed by atoms with E-state index in [9.17, 15) is 115 Å². The number of hydrogen-bond donors (Lipinski definition) is 17. The van der Waals surface area contributed by atoms with Gasteiger partial charge in [-0.05, 0) is 209 Å². The largest absolute Gasteiger partial charge is 0.479 e. The molecule has 1 amide bonds. The van der Waals surface area contributed by atoms with Crippen molar-refractivity contribution in [2.75, 3.05) is 31.7 Å². The van der Waals surface area contributed by atoms with Crippen LogP contribution in [0, 0.1) is 21.7 Å². The molecule has 17 N–H and O–H groups in total. The van der Waals surface area contributed by atoms with Crippen molar-refractivity contribution in [3.8, 4) is 17.2 Å². The molecule has 0 spiro atoms. The zero-order valence-electron chi connectivity index (χ0n) is 73.5. The Kier molecular flexibility index (Phi) is 40.6. The number of hydrogen-bond acceptors (Lipinski definition) is 33. The van der Waals surface area contributed by atoms with Crippen molar-refractivity contribution in [1.82, 2.24) is 0 Å². The van der Waals surface area contributed by atoms with Gasteiger partial charge in [0.1, 0.15) is 117 Å². The van der Waals surface area contributed by atoms with Crippen LogP contribution in [-0.2, 0) is 107 Å². The average Bonchev–Trinajstić information content (AvgIpc) is 0.807. The second kappa shape index (κ2) is 48.2. The van der Waals surface area contributed by atoms with Gasteiger partial charge >= 0.3 is 53.8 Å². The zero-order chi connectivity index (χ0) is 95.7. The van der Waals surface area contributed by atoms with E-state index >= 15 is 0 Å². The third-order valence-corrected chi connectivity index (χ3v) is 19.3. The Labute approximate surface area is 734 Å². The molecule has 0 aromatic heterocycles. The molecule has 2 unspecified atom stereocenters. The first-order valence-electron chi connectivity index (χ1n) is 40.7. The van der Waals surface area contributed by atoms with Crippen molar-refractivity contribution in [3.63, 3.8) is 0 Å². The zero-order valence-corrected chi connectivity index (χ0v) is 73.5. The van der Waals surface area contributed by atoms with Crippen LogP contribution in [0.25, 0.3) is 24.3 Å². The first-order valence-corrected chi connectivity index (χ1v) is 40.7. The van der Waals surface area contributed by atoms with E-state index < -0.39 is 174 Å². The summed E-state index contributed by atoms with van der Waals surface area (Å²) in [7, 11) is 0. The number of amides is 1. The van der Waals surface area contributed by atoms with Gasteiger partial charge in [-0.15, -0.1) is 0 Å². The lowest BCUT2D eigenvalue weighted by molar-refractivity contribution is -0.277. The Balaban J connectivity index is 0.000000301. The number of carboxylic acid groups (broad SMARTS) is 4. The molecule has 127 heavy (non-hydrogen) atoms. The maximum atomic E-state index is 12.3. The van der Waals surface area contributed by atoms with Crippen molar-refractivity contribution in [1.29, 1.82) is 0 Å². The molecular weight excluding hydrogens is 1670 g/mol. The van der Waals surface area contributed by atoms with Crippen LogP contribution in [0.4, 0.5) is 10.5 Å². The Morgan fingerprint density at radius 1 is 0.339 bits per heavy atom. The van der Waals surface area contributed by atoms with Crippen molar-refractivity contribution < 1.29 is 182 Å². The smallest absolute Gasteiger partial charge is 0.414 e. The van der Waals surface area contributed by atoms with Gasteiger partial charge in [0.25, 0.3) is 0 Å². The lowest BCUT2D eigenvalue weighted by Crippen LogP contribution is -2.61. The number of aliphatic hydroxyl groups is 12. The van der Waals surface area contributed by atoms with E-state index in [0.29, 0.717) is 41.8 Å². The molecular formula is C89H121NO37. The molecule has 4 heterocycles. The quantitative estimate of drug-likeness (QED) is 0.0271. The predicted octanol–water partition coefficient (Wildman–Crippen LogP) is 4.66. The van der Waals surface area contributed by atoms with Crippen LogP contribution in [0.5, 0.6) is 17.2 Å². The van der Waals surface area contributed by atoms with Gasteiger partial charge in [0.05, 0.1) is 21.7 Å². The number of aliphatic carboxylic acids is 4. The fourth-order valence-electron chi connectivity index (χ4n) is 11.6. The number of aliphatic hydroxyl groups excluding tert-OH is 12. The van der Waals surface area contributed by atoms with Crippen molar-refractivity contribution in [3.05, 3.63) is 142 Å². The van der Waals surface area contributed by atoms with E-state index in [-0.39, 0.29) is 61.8 Å². The molecule has 4 aromatic rings. The molecule has 0 aliphatic carbocycles. The van der Waals surface area contributed by atoms with Gasteiger partial charge in [0.15, 0.2) is 24.4 Å². The highest BCUT2D eigenvalue weighted by Gasteiger charge is 2.52. The molecule has 0 bridgehead atoms. The summed E-state index contributed by atoms with van der Waals surface area (Å²) in [6.07, 6.45) is -19.5. The summed E-state index contributed by atoms with van der Waals surface area (Å²) in [5, 5.41) is 158. The molecule has 8 rings (SSSR count). The van der Waals surface area contributed by atoms with Gasteiger partial charge in [-0.3, -0.25) is 24.5 Å². The van der Waals surface area contributed by atoms with Gasteiger partial charge in [-0.1, -0.05) is 82.3 Å². The highest BCUT2D eigenvalue weighted by atomic mass is 16.7. The van der Waals surface area contributed by atoms with E-state index in [1.165, 1.54) is 0 Å². The fraction of sp³-hybridized carbons (Fsp3) is 0.539. The number of esters is 4. The van der Waals surface area contributed by atoms with Crippen molar-refractivity contribution in [2.24, 2.45) is 21.7 Å². The van der Waals surface area contributed by atoms with Gasteiger partial charge in [0.2, 0.25) is 25.2 Å². The number of aryl methyl sites for hydroxylation is 4. The van der Waals surface area contributed by atoms with Crippen molar-refractivity contribution >= 4 is 83.8 Å². The standard InChI is InChI=1S/C23H31NO10.3C22H30O9/c1-5-13-11-12(7-6-10-32-21(30)23(2,3)4)8-9-14(13)24-22(31)34-20-17(27)15(25)16(26)18(33-20)19(28)29;1-5-12-11-14(9-8-13(12)7-6-10-29-21(28)22(2,3)4)30-20-17(25)15(23)16(24)18(31-20)19(26)27;1-5-12-8-9-14(13(11-12)7-6-10-29-21(28)22(2,3)4)30-20-17(25)15(23)16(24)18(31-20)19(26)27;1-5-12-8-9-13(7-6-10-29-21(28)22(2,3)4)14(11-12)30-20-17(25)15(23)16(24)18(31-20)19(26)27/h6-9,11,15-18,20,25-27H,5,10H2,1-4H3,(H,24,31)(H,28,29);3*6-9,11,15-18,20,23-25H,5,10H2,1-4H3,(H,26,27)/b4*7-6+/t15-,16-,17+,18-,20-;15-,16-,17+,18-,20+;2*15-,16-,17+,18-,20?/m0000/s1. The minimum atomic E-state index is -1.89. The number of carbonyl (C=O) groups is 9. The topological polar surface area (TPSA) is 600 Å². The summed E-state index contributed by atoms with van der Waals surface area (Å²) in [4.78, 5) is 105. The number of benzene rings is 4. The summed E-state index contributed by atoms with van der Waals surface area (Å²) in [6, 6.07) is 20.8. The second-order valence-corrected chi connectivity index (χ2v) is 33.8. The number of anilines is 1. The Bertz CT molecular complexity index is 4470. The van der Waals surface area contributed by atoms with Crippen LogP contribution in [0.3, 0.4) is 0 Å². The minimum absolute atomic E-state index is 0.0413. The van der Waals surface area contributed by atoms with Crippen molar-refractivity contribution in [2.45, 2.75) is 259 Å². The molecule has 704 valence electrons. The molecule has 4 aromatic carbocycles. The highest BCUT2D eigenvalue weighted by molar-refractivity contribution is 5.86.